The van der Waals surface area contributed by atoms with E-state index < -0.39 is 5.92 Å². The highest BCUT2D eigenvalue weighted by molar-refractivity contribution is 5.44. The standard InChI is InChI=1S/C10H13F2N/c1-3-10(11,12)8-4-6-9(13-2)7-5-8/h4-7,13H,3H2,1-2H3. The van der Waals surface area contributed by atoms with Gasteiger partial charge in [-0.3, -0.25) is 0 Å². The Morgan fingerprint density at radius 1 is 1.23 bits per heavy atom. The molecule has 0 unspecified atom stereocenters. The Hall–Kier alpha value is -1.12. The maximum Gasteiger partial charge on any atom is 0.273 e. The Labute approximate surface area is 76.8 Å². The van der Waals surface area contributed by atoms with E-state index in [1.54, 1.807) is 19.2 Å². The van der Waals surface area contributed by atoms with Crippen LogP contribution in [0.2, 0.25) is 0 Å². The first-order chi connectivity index (χ1) is 6.10. The molecular weight excluding hydrogens is 172 g/mol. The van der Waals surface area contributed by atoms with E-state index in [-0.39, 0.29) is 12.0 Å². The smallest absolute Gasteiger partial charge is 0.273 e. The average molecular weight is 185 g/mol. The number of rotatable bonds is 3. The fourth-order valence-electron chi connectivity index (χ4n) is 1.08. The van der Waals surface area contributed by atoms with Crippen LogP contribution in [0.1, 0.15) is 18.9 Å². The molecule has 1 rings (SSSR count). The molecule has 0 bridgehead atoms. The highest BCUT2D eigenvalue weighted by Gasteiger charge is 2.28. The van der Waals surface area contributed by atoms with E-state index in [4.69, 9.17) is 0 Å². The third-order valence-corrected chi connectivity index (χ3v) is 2.04. The molecule has 0 atom stereocenters. The SMILES string of the molecule is CCC(F)(F)c1ccc(NC)cc1. The fraction of sp³-hybridized carbons (Fsp3) is 0.400. The predicted octanol–water partition coefficient (Wildman–Crippen LogP) is 3.23. The second-order valence-electron chi connectivity index (χ2n) is 2.89. The van der Waals surface area contributed by atoms with Crippen molar-refractivity contribution in [1.82, 2.24) is 0 Å². The van der Waals surface area contributed by atoms with Crippen molar-refractivity contribution in [1.29, 1.82) is 0 Å². The van der Waals surface area contributed by atoms with Crippen molar-refractivity contribution in [3.63, 3.8) is 0 Å². The molecule has 0 aliphatic heterocycles. The van der Waals surface area contributed by atoms with Crippen molar-refractivity contribution in [2.24, 2.45) is 0 Å². The van der Waals surface area contributed by atoms with Crippen LogP contribution in [0, 0.1) is 0 Å². The van der Waals surface area contributed by atoms with Gasteiger partial charge in [-0.2, -0.15) is 0 Å². The van der Waals surface area contributed by atoms with Crippen LogP contribution < -0.4 is 5.32 Å². The van der Waals surface area contributed by atoms with Gasteiger partial charge < -0.3 is 5.32 Å². The summed E-state index contributed by atoms with van der Waals surface area (Å²) in [7, 11) is 1.76. The molecule has 0 amide bonds. The van der Waals surface area contributed by atoms with Crippen LogP contribution >= 0.6 is 0 Å². The summed E-state index contributed by atoms with van der Waals surface area (Å²) >= 11 is 0. The van der Waals surface area contributed by atoms with Gasteiger partial charge in [0.1, 0.15) is 0 Å². The van der Waals surface area contributed by atoms with Gasteiger partial charge in [0.05, 0.1) is 0 Å². The minimum atomic E-state index is -2.70. The van der Waals surface area contributed by atoms with Gasteiger partial charge in [0.2, 0.25) is 0 Å². The fourth-order valence-corrected chi connectivity index (χ4v) is 1.08. The Balaban J connectivity index is 2.92. The lowest BCUT2D eigenvalue weighted by molar-refractivity contribution is -0.00826. The van der Waals surface area contributed by atoms with E-state index in [1.165, 1.54) is 19.1 Å². The molecule has 72 valence electrons. The molecule has 3 heteroatoms. The summed E-state index contributed by atoms with van der Waals surface area (Å²) in [5, 5.41) is 2.88. The number of anilines is 1. The first kappa shape index (κ1) is 9.96. The van der Waals surface area contributed by atoms with Gasteiger partial charge in [-0.25, -0.2) is 8.78 Å². The third-order valence-electron chi connectivity index (χ3n) is 2.04. The molecule has 1 aromatic rings. The number of hydrogen-bond donors (Lipinski definition) is 1. The second kappa shape index (κ2) is 3.73. The largest absolute Gasteiger partial charge is 0.388 e. The molecule has 1 N–H and O–H groups in total. The normalized spacial score (nSPS) is 11.4. The van der Waals surface area contributed by atoms with Crippen molar-refractivity contribution >= 4 is 5.69 Å². The van der Waals surface area contributed by atoms with Crippen LogP contribution in [0.3, 0.4) is 0 Å². The van der Waals surface area contributed by atoms with Crippen molar-refractivity contribution in [2.75, 3.05) is 12.4 Å². The highest BCUT2D eigenvalue weighted by atomic mass is 19.3. The molecule has 0 saturated heterocycles. The molecule has 1 nitrogen and oxygen atoms in total. The lowest BCUT2D eigenvalue weighted by Crippen LogP contribution is -2.11. The van der Waals surface area contributed by atoms with Crippen molar-refractivity contribution in [3.05, 3.63) is 29.8 Å². The second-order valence-corrected chi connectivity index (χ2v) is 2.89. The molecular formula is C10H13F2N. The van der Waals surface area contributed by atoms with Crippen LogP contribution in [0.15, 0.2) is 24.3 Å². The Kier molecular flexibility index (Phi) is 2.86. The summed E-state index contributed by atoms with van der Waals surface area (Å²) in [4.78, 5) is 0. The molecule has 0 aliphatic rings. The van der Waals surface area contributed by atoms with E-state index in [0.717, 1.165) is 5.69 Å². The number of nitrogens with one attached hydrogen (secondary N) is 1. The Bertz CT molecular complexity index is 267. The van der Waals surface area contributed by atoms with Gasteiger partial charge in [0.15, 0.2) is 0 Å². The van der Waals surface area contributed by atoms with Crippen molar-refractivity contribution in [3.8, 4) is 0 Å². The van der Waals surface area contributed by atoms with Crippen LogP contribution in [-0.4, -0.2) is 7.05 Å². The lowest BCUT2D eigenvalue weighted by atomic mass is 10.1. The van der Waals surface area contributed by atoms with Crippen LogP contribution in [0.4, 0.5) is 14.5 Å². The van der Waals surface area contributed by atoms with Crippen LogP contribution in [0.5, 0.6) is 0 Å². The topological polar surface area (TPSA) is 12.0 Å². The molecule has 13 heavy (non-hydrogen) atoms. The monoisotopic (exact) mass is 185 g/mol. The van der Waals surface area contributed by atoms with E-state index in [2.05, 4.69) is 5.32 Å². The van der Waals surface area contributed by atoms with E-state index >= 15 is 0 Å². The lowest BCUT2D eigenvalue weighted by Gasteiger charge is -2.14. The van der Waals surface area contributed by atoms with E-state index in [9.17, 15) is 8.78 Å². The van der Waals surface area contributed by atoms with Gasteiger partial charge in [-0.05, 0) is 12.1 Å². The van der Waals surface area contributed by atoms with E-state index in [0.29, 0.717) is 0 Å². The highest BCUT2D eigenvalue weighted by Crippen LogP contribution is 2.31. The summed E-state index contributed by atoms with van der Waals surface area (Å²) in [5.41, 5.74) is 0.921. The Morgan fingerprint density at radius 3 is 2.15 bits per heavy atom. The molecule has 1 aromatic carbocycles. The molecule has 0 aliphatic carbocycles. The molecule has 0 fully saturated rings. The molecule has 0 radical (unpaired) electrons. The van der Waals surface area contributed by atoms with Gasteiger partial charge in [-0.15, -0.1) is 0 Å². The number of benzene rings is 1. The first-order valence-electron chi connectivity index (χ1n) is 4.26. The summed E-state index contributed by atoms with van der Waals surface area (Å²) in [6.07, 6.45) is -0.161. The Morgan fingerprint density at radius 2 is 1.77 bits per heavy atom. The molecule has 0 aromatic heterocycles. The maximum absolute atomic E-state index is 13.1. The van der Waals surface area contributed by atoms with Gasteiger partial charge >= 0.3 is 0 Å². The van der Waals surface area contributed by atoms with Gasteiger partial charge in [-0.1, -0.05) is 19.1 Å². The van der Waals surface area contributed by atoms with Crippen LogP contribution in [0.25, 0.3) is 0 Å². The third kappa shape index (κ3) is 2.17. The summed E-state index contributed by atoms with van der Waals surface area (Å²) in [6, 6.07) is 6.21. The minimum absolute atomic E-state index is 0.0778. The number of hydrogen-bond acceptors (Lipinski definition) is 1. The number of halogens is 2. The molecule has 0 spiro atoms. The van der Waals surface area contributed by atoms with E-state index in [1.807, 2.05) is 0 Å². The molecule has 0 heterocycles. The summed E-state index contributed by atoms with van der Waals surface area (Å²) < 4.78 is 26.2. The van der Waals surface area contributed by atoms with Gasteiger partial charge in [0, 0.05) is 24.7 Å². The van der Waals surface area contributed by atoms with Crippen molar-refractivity contribution in [2.45, 2.75) is 19.3 Å². The minimum Gasteiger partial charge on any atom is -0.388 e. The molecule has 0 saturated carbocycles. The summed E-state index contributed by atoms with van der Waals surface area (Å²) in [5.74, 6) is -2.70. The maximum atomic E-state index is 13.1. The van der Waals surface area contributed by atoms with Crippen molar-refractivity contribution < 1.29 is 8.78 Å². The zero-order valence-electron chi connectivity index (χ0n) is 7.77. The predicted molar refractivity (Wildman–Crippen MR) is 50.2 cm³/mol. The van der Waals surface area contributed by atoms with Crippen LogP contribution in [-0.2, 0) is 5.92 Å². The summed E-state index contributed by atoms with van der Waals surface area (Å²) in [6.45, 7) is 1.48. The first-order valence-corrected chi connectivity index (χ1v) is 4.26. The quantitative estimate of drug-likeness (QED) is 0.762. The zero-order valence-corrected chi connectivity index (χ0v) is 7.77. The van der Waals surface area contributed by atoms with Gasteiger partial charge in [0.25, 0.3) is 5.92 Å². The average Bonchev–Trinajstić information content (AvgIpc) is 2.18. The number of alkyl halides is 2. The zero-order chi connectivity index (χ0) is 9.90.